The van der Waals surface area contributed by atoms with Crippen LogP contribution in [0.2, 0.25) is 5.02 Å². The molecule has 0 aliphatic heterocycles. The van der Waals surface area contributed by atoms with Crippen molar-refractivity contribution in [2.75, 3.05) is 17.2 Å². The van der Waals surface area contributed by atoms with Gasteiger partial charge < -0.3 is 10.6 Å². The summed E-state index contributed by atoms with van der Waals surface area (Å²) in [6, 6.07) is 19.7. The molecule has 2 N–H and O–H groups in total. The van der Waals surface area contributed by atoms with Crippen molar-refractivity contribution < 1.29 is 0 Å². The number of rotatable bonds is 6. The standard InChI is InChI=1S/C18H17ClN4/c19-15-8-6-14(7-9-15)10-11-20-17-12-18(22-13-21-17)23-16-4-2-1-3-5-16/h1-9,12-13H,10-11H2,(H2,20,21,22,23). The summed E-state index contributed by atoms with van der Waals surface area (Å²) in [5.41, 5.74) is 2.23. The lowest BCUT2D eigenvalue weighted by Crippen LogP contribution is -2.07. The number of para-hydroxylation sites is 1. The van der Waals surface area contributed by atoms with E-state index in [2.05, 4.69) is 20.6 Å². The Labute approximate surface area is 140 Å². The van der Waals surface area contributed by atoms with E-state index in [0.717, 1.165) is 35.3 Å². The Kier molecular flexibility index (Phi) is 5.06. The van der Waals surface area contributed by atoms with Crippen molar-refractivity contribution in [1.29, 1.82) is 0 Å². The lowest BCUT2D eigenvalue weighted by atomic mass is 10.1. The molecule has 5 heteroatoms. The third-order valence-electron chi connectivity index (χ3n) is 3.35. The molecule has 0 unspecified atom stereocenters. The van der Waals surface area contributed by atoms with Crippen molar-refractivity contribution >= 4 is 28.9 Å². The summed E-state index contributed by atoms with van der Waals surface area (Å²) in [6.07, 6.45) is 2.46. The lowest BCUT2D eigenvalue weighted by Gasteiger charge is -2.08. The first-order chi connectivity index (χ1) is 11.3. The largest absolute Gasteiger partial charge is 0.370 e. The maximum Gasteiger partial charge on any atom is 0.135 e. The lowest BCUT2D eigenvalue weighted by molar-refractivity contribution is 1.000. The average Bonchev–Trinajstić information content (AvgIpc) is 2.58. The van der Waals surface area contributed by atoms with Crippen LogP contribution in [0.3, 0.4) is 0 Å². The molecule has 3 aromatic rings. The van der Waals surface area contributed by atoms with Gasteiger partial charge in [0.25, 0.3) is 0 Å². The van der Waals surface area contributed by atoms with Gasteiger partial charge in [-0.05, 0) is 36.2 Å². The number of nitrogens with one attached hydrogen (secondary N) is 2. The molecule has 0 saturated carbocycles. The summed E-state index contributed by atoms with van der Waals surface area (Å²) in [7, 11) is 0. The van der Waals surface area contributed by atoms with Crippen LogP contribution in [0.1, 0.15) is 5.56 Å². The van der Waals surface area contributed by atoms with Crippen LogP contribution < -0.4 is 10.6 Å². The first kappa shape index (κ1) is 15.3. The van der Waals surface area contributed by atoms with Crippen LogP contribution in [0.25, 0.3) is 0 Å². The van der Waals surface area contributed by atoms with E-state index in [9.17, 15) is 0 Å². The van der Waals surface area contributed by atoms with Gasteiger partial charge >= 0.3 is 0 Å². The van der Waals surface area contributed by atoms with Crippen molar-refractivity contribution in [1.82, 2.24) is 9.97 Å². The van der Waals surface area contributed by atoms with Gasteiger partial charge in [0.2, 0.25) is 0 Å². The zero-order valence-corrected chi connectivity index (χ0v) is 13.3. The third-order valence-corrected chi connectivity index (χ3v) is 3.60. The highest BCUT2D eigenvalue weighted by molar-refractivity contribution is 6.30. The minimum atomic E-state index is 0.758. The molecule has 0 fully saturated rings. The van der Waals surface area contributed by atoms with Gasteiger partial charge in [0.05, 0.1) is 0 Å². The highest BCUT2D eigenvalue weighted by Crippen LogP contribution is 2.16. The first-order valence-electron chi connectivity index (χ1n) is 7.42. The van der Waals surface area contributed by atoms with Gasteiger partial charge in [0, 0.05) is 23.3 Å². The zero-order chi connectivity index (χ0) is 15.9. The summed E-state index contributed by atoms with van der Waals surface area (Å²) in [5.74, 6) is 1.56. The molecule has 0 aliphatic carbocycles. The van der Waals surface area contributed by atoms with E-state index >= 15 is 0 Å². The van der Waals surface area contributed by atoms with Crippen LogP contribution in [0, 0.1) is 0 Å². The SMILES string of the molecule is Clc1ccc(CCNc2cc(Nc3ccccc3)ncn2)cc1. The highest BCUT2D eigenvalue weighted by atomic mass is 35.5. The van der Waals surface area contributed by atoms with Crippen molar-refractivity contribution in [2.24, 2.45) is 0 Å². The molecular weight excluding hydrogens is 308 g/mol. The highest BCUT2D eigenvalue weighted by Gasteiger charge is 2.00. The quantitative estimate of drug-likeness (QED) is 0.699. The Morgan fingerprint density at radius 1 is 0.870 bits per heavy atom. The summed E-state index contributed by atoms with van der Waals surface area (Å²) < 4.78 is 0. The van der Waals surface area contributed by atoms with Crippen LogP contribution in [0.4, 0.5) is 17.3 Å². The van der Waals surface area contributed by atoms with Gasteiger partial charge in [-0.15, -0.1) is 0 Å². The van der Waals surface area contributed by atoms with Crippen LogP contribution in [-0.2, 0) is 6.42 Å². The Morgan fingerprint density at radius 3 is 2.39 bits per heavy atom. The number of nitrogens with zero attached hydrogens (tertiary/aromatic N) is 2. The van der Waals surface area contributed by atoms with E-state index in [1.165, 1.54) is 5.56 Å². The fourth-order valence-corrected chi connectivity index (χ4v) is 2.30. The second-order valence-electron chi connectivity index (χ2n) is 5.08. The number of hydrogen-bond acceptors (Lipinski definition) is 4. The molecule has 0 spiro atoms. The molecule has 3 rings (SSSR count). The second-order valence-corrected chi connectivity index (χ2v) is 5.52. The van der Waals surface area contributed by atoms with E-state index < -0.39 is 0 Å². The Hall–Kier alpha value is -2.59. The molecule has 0 bridgehead atoms. The van der Waals surface area contributed by atoms with Crippen LogP contribution >= 0.6 is 11.6 Å². The molecule has 0 amide bonds. The molecule has 0 atom stereocenters. The summed E-state index contributed by atoms with van der Waals surface area (Å²) in [6.45, 7) is 0.795. The molecule has 0 saturated heterocycles. The molecule has 0 aliphatic rings. The average molecular weight is 325 g/mol. The minimum absolute atomic E-state index is 0.758. The van der Waals surface area contributed by atoms with Gasteiger partial charge in [0.15, 0.2) is 0 Å². The van der Waals surface area contributed by atoms with Crippen LogP contribution in [-0.4, -0.2) is 16.5 Å². The number of anilines is 3. The smallest absolute Gasteiger partial charge is 0.135 e. The predicted octanol–water partition coefficient (Wildman–Crippen LogP) is 4.53. The van der Waals surface area contributed by atoms with Gasteiger partial charge in [-0.2, -0.15) is 0 Å². The van der Waals surface area contributed by atoms with E-state index in [1.807, 2.05) is 60.7 Å². The molecule has 23 heavy (non-hydrogen) atoms. The molecular formula is C18H17ClN4. The topological polar surface area (TPSA) is 49.8 Å². The maximum absolute atomic E-state index is 5.89. The summed E-state index contributed by atoms with van der Waals surface area (Å²) >= 11 is 5.89. The molecule has 1 heterocycles. The van der Waals surface area contributed by atoms with Crippen LogP contribution in [0.15, 0.2) is 67.0 Å². The van der Waals surface area contributed by atoms with Crippen molar-refractivity contribution in [3.8, 4) is 0 Å². The number of benzene rings is 2. The van der Waals surface area contributed by atoms with Gasteiger partial charge in [-0.25, -0.2) is 9.97 Å². The number of aromatic nitrogens is 2. The summed E-state index contributed by atoms with van der Waals surface area (Å²) in [4.78, 5) is 8.48. The fraction of sp³-hybridized carbons (Fsp3) is 0.111. The van der Waals surface area contributed by atoms with Crippen molar-refractivity contribution in [2.45, 2.75) is 6.42 Å². The fourth-order valence-electron chi connectivity index (χ4n) is 2.18. The minimum Gasteiger partial charge on any atom is -0.370 e. The van der Waals surface area contributed by atoms with E-state index in [1.54, 1.807) is 6.33 Å². The maximum atomic E-state index is 5.89. The summed E-state index contributed by atoms with van der Waals surface area (Å²) in [5, 5.41) is 7.32. The monoisotopic (exact) mass is 324 g/mol. The second kappa shape index (κ2) is 7.61. The number of hydrogen-bond donors (Lipinski definition) is 2. The van der Waals surface area contributed by atoms with Gasteiger partial charge in [-0.3, -0.25) is 0 Å². The Bertz CT molecular complexity index is 744. The first-order valence-corrected chi connectivity index (χ1v) is 7.80. The van der Waals surface area contributed by atoms with E-state index in [4.69, 9.17) is 11.6 Å². The third kappa shape index (κ3) is 4.69. The normalized spacial score (nSPS) is 10.3. The van der Waals surface area contributed by atoms with Gasteiger partial charge in [-0.1, -0.05) is 41.9 Å². The van der Waals surface area contributed by atoms with E-state index in [-0.39, 0.29) is 0 Å². The predicted molar refractivity (Wildman–Crippen MR) is 95.4 cm³/mol. The molecule has 0 radical (unpaired) electrons. The zero-order valence-electron chi connectivity index (χ0n) is 12.5. The van der Waals surface area contributed by atoms with Gasteiger partial charge in [0.1, 0.15) is 18.0 Å². The Balaban J connectivity index is 1.56. The van der Waals surface area contributed by atoms with Crippen molar-refractivity contribution in [3.05, 3.63) is 77.6 Å². The molecule has 116 valence electrons. The molecule has 2 aromatic carbocycles. The molecule has 1 aromatic heterocycles. The van der Waals surface area contributed by atoms with Crippen molar-refractivity contribution in [3.63, 3.8) is 0 Å². The molecule has 4 nitrogen and oxygen atoms in total. The Morgan fingerprint density at radius 2 is 1.61 bits per heavy atom. The van der Waals surface area contributed by atoms with E-state index in [0.29, 0.717) is 0 Å². The van der Waals surface area contributed by atoms with Crippen LogP contribution in [0.5, 0.6) is 0 Å². The number of halogens is 1.